The first-order valence-electron chi connectivity index (χ1n) is 17.5. The van der Waals surface area contributed by atoms with Crippen molar-refractivity contribution in [3.63, 3.8) is 0 Å². The Morgan fingerprint density at radius 2 is 1.15 bits per heavy atom. The van der Waals surface area contributed by atoms with E-state index in [4.69, 9.17) is 24.9 Å². The third-order valence-electron chi connectivity index (χ3n) is 9.96. The molecular weight excluding hydrogens is 677 g/mol. The van der Waals surface area contributed by atoms with Gasteiger partial charge in [-0.2, -0.15) is 0 Å². The molecule has 256 valence electrons. The van der Waals surface area contributed by atoms with E-state index in [2.05, 4.69) is 16.0 Å². The Morgan fingerprint density at radius 3 is 1.91 bits per heavy atom. The highest BCUT2D eigenvalue weighted by Crippen LogP contribution is 2.39. The number of nitrogens with zero attached hydrogens (tertiary/aromatic N) is 7. The second-order valence-electron chi connectivity index (χ2n) is 13.3. The minimum Gasteiger partial charge on any atom is -0.254 e. The van der Waals surface area contributed by atoms with Gasteiger partial charge in [0.1, 0.15) is 11.6 Å². The smallest absolute Gasteiger partial charge is 0.167 e. The molecule has 1 unspecified atom stereocenters. The predicted molar refractivity (Wildman–Crippen MR) is 208 cm³/mol. The summed E-state index contributed by atoms with van der Waals surface area (Å²) in [6.45, 7) is 0. The highest BCUT2D eigenvalue weighted by Gasteiger charge is 2.25. The molecule has 0 N–H and O–H groups in total. The lowest BCUT2D eigenvalue weighted by atomic mass is 9.87. The summed E-state index contributed by atoms with van der Waals surface area (Å²) >= 11 is 0. The van der Waals surface area contributed by atoms with Gasteiger partial charge in [-0.05, 0) is 60.0 Å². The van der Waals surface area contributed by atoms with Gasteiger partial charge < -0.3 is 0 Å². The van der Waals surface area contributed by atoms with Crippen LogP contribution in [0.3, 0.4) is 0 Å². The van der Waals surface area contributed by atoms with Gasteiger partial charge in [0, 0.05) is 69.0 Å². The van der Waals surface area contributed by atoms with Crippen LogP contribution in [-0.4, -0.2) is 34.9 Å². The maximum Gasteiger partial charge on any atom is 0.167 e. The number of hydrogen-bond acceptors (Lipinski definition) is 7. The van der Waals surface area contributed by atoms with E-state index in [9.17, 15) is 0 Å². The van der Waals surface area contributed by atoms with Gasteiger partial charge in [0.2, 0.25) is 0 Å². The van der Waals surface area contributed by atoms with E-state index in [1.165, 1.54) is 12.1 Å². The maximum absolute atomic E-state index is 15.9. The summed E-state index contributed by atoms with van der Waals surface area (Å²) in [5.74, 6) is -0.621. The Labute approximate surface area is 307 Å². The highest BCUT2D eigenvalue weighted by atomic mass is 19.1. The van der Waals surface area contributed by atoms with E-state index < -0.39 is 11.6 Å². The fraction of sp³-hybridized carbons (Fsp3) is 0.0444. The molecular formula is C45H27F2N7. The molecule has 4 aromatic carbocycles. The van der Waals surface area contributed by atoms with Crippen LogP contribution in [0.5, 0.6) is 0 Å². The first-order valence-corrected chi connectivity index (χ1v) is 17.5. The fourth-order valence-corrected chi connectivity index (χ4v) is 7.19. The minimum atomic E-state index is -0.515. The van der Waals surface area contributed by atoms with Crippen molar-refractivity contribution in [2.75, 3.05) is 0 Å². The molecule has 0 aliphatic heterocycles. The van der Waals surface area contributed by atoms with Gasteiger partial charge in [0.05, 0.1) is 27.6 Å². The average Bonchev–Trinajstić information content (AvgIpc) is 3.23. The van der Waals surface area contributed by atoms with E-state index in [0.717, 1.165) is 60.3 Å². The van der Waals surface area contributed by atoms with E-state index in [1.807, 2.05) is 97.2 Å². The topological polar surface area (TPSA) is 90.2 Å². The summed E-state index contributed by atoms with van der Waals surface area (Å²) in [6.07, 6.45) is 10.7. The van der Waals surface area contributed by atoms with Crippen molar-refractivity contribution < 1.29 is 8.78 Å². The van der Waals surface area contributed by atoms with Crippen molar-refractivity contribution in [3.8, 4) is 33.9 Å². The number of aromatic nitrogens is 7. The van der Waals surface area contributed by atoms with Crippen molar-refractivity contribution in [1.82, 2.24) is 34.9 Å². The molecule has 0 fully saturated rings. The van der Waals surface area contributed by atoms with Gasteiger partial charge in [0.15, 0.2) is 17.5 Å². The zero-order chi connectivity index (χ0) is 36.2. The van der Waals surface area contributed by atoms with Crippen LogP contribution in [0, 0.1) is 5.82 Å². The van der Waals surface area contributed by atoms with E-state index >= 15 is 8.78 Å². The number of fused-ring (bicyclic) bond motifs is 6. The number of rotatable bonds is 5. The lowest BCUT2D eigenvalue weighted by molar-refractivity contribution is 0.629. The molecule has 1 atom stereocenters. The van der Waals surface area contributed by atoms with Crippen molar-refractivity contribution in [1.29, 1.82) is 0 Å². The van der Waals surface area contributed by atoms with Crippen molar-refractivity contribution in [3.05, 3.63) is 169 Å². The second-order valence-corrected chi connectivity index (χ2v) is 13.3. The lowest BCUT2D eigenvalue weighted by Crippen LogP contribution is -2.09. The molecule has 1 aliphatic rings. The van der Waals surface area contributed by atoms with Gasteiger partial charge in [-0.3, -0.25) is 19.9 Å². The summed E-state index contributed by atoms with van der Waals surface area (Å²) in [5, 5.41) is 3.87. The minimum absolute atomic E-state index is 0.0975. The molecule has 10 rings (SSSR count). The third kappa shape index (κ3) is 5.54. The van der Waals surface area contributed by atoms with E-state index in [-0.39, 0.29) is 29.6 Å². The number of halogens is 2. The molecule has 0 radical (unpaired) electrons. The van der Waals surface area contributed by atoms with Crippen LogP contribution in [0.25, 0.3) is 83.1 Å². The quantitative estimate of drug-likeness (QED) is 0.165. The maximum atomic E-state index is 15.9. The number of allylic oxidation sites excluding steroid dienone is 4. The van der Waals surface area contributed by atoms with Crippen molar-refractivity contribution in [2.24, 2.45) is 0 Å². The zero-order valence-corrected chi connectivity index (χ0v) is 28.5. The number of pyridine rings is 4. The molecule has 5 heterocycles. The SMILES string of the molecule is FC1=C(c2nc(-c3ccccc3)nc(-c3cc(-c4cnc5c(ccc6cccnc65)c4)ccc3F)n2)CC(c2cnc3c(ccc4cccnc43)c2)C=C1. The monoisotopic (exact) mass is 703 g/mol. The number of hydrogen-bond donors (Lipinski definition) is 0. The normalized spacial score (nSPS) is 14.4. The summed E-state index contributed by atoms with van der Waals surface area (Å²) in [6, 6.07) is 34.1. The molecule has 9 heteroatoms. The highest BCUT2D eigenvalue weighted by molar-refractivity contribution is 6.04. The van der Waals surface area contributed by atoms with Crippen LogP contribution >= 0.6 is 0 Å². The first-order chi connectivity index (χ1) is 26.6. The largest absolute Gasteiger partial charge is 0.254 e. The van der Waals surface area contributed by atoms with E-state index in [1.54, 1.807) is 30.7 Å². The van der Waals surface area contributed by atoms with Gasteiger partial charge in [-0.25, -0.2) is 23.7 Å². The van der Waals surface area contributed by atoms with E-state index in [0.29, 0.717) is 17.0 Å². The summed E-state index contributed by atoms with van der Waals surface area (Å²) in [7, 11) is 0. The van der Waals surface area contributed by atoms with Gasteiger partial charge in [-0.15, -0.1) is 0 Å². The Hall–Kier alpha value is -7.13. The third-order valence-corrected chi connectivity index (χ3v) is 9.96. The Kier molecular flexibility index (Phi) is 7.50. The van der Waals surface area contributed by atoms with Gasteiger partial charge >= 0.3 is 0 Å². The van der Waals surface area contributed by atoms with Gasteiger partial charge in [-0.1, -0.05) is 78.9 Å². The summed E-state index contributed by atoms with van der Waals surface area (Å²) < 4.78 is 31.8. The first kappa shape index (κ1) is 31.6. The molecule has 0 amide bonds. The predicted octanol–water partition coefficient (Wildman–Crippen LogP) is 10.6. The molecule has 0 saturated heterocycles. The van der Waals surface area contributed by atoms with Crippen LogP contribution in [0.4, 0.5) is 8.78 Å². The average molecular weight is 704 g/mol. The molecule has 0 spiro atoms. The van der Waals surface area contributed by atoms with Crippen LogP contribution in [-0.2, 0) is 0 Å². The molecule has 7 nitrogen and oxygen atoms in total. The Balaban J connectivity index is 1.05. The molecule has 0 saturated carbocycles. The Bertz CT molecular complexity index is 3020. The lowest BCUT2D eigenvalue weighted by Gasteiger charge is -2.20. The van der Waals surface area contributed by atoms with Crippen LogP contribution < -0.4 is 0 Å². The van der Waals surface area contributed by atoms with Crippen LogP contribution in [0.2, 0.25) is 0 Å². The van der Waals surface area contributed by atoms with Crippen LogP contribution in [0.15, 0.2) is 152 Å². The van der Waals surface area contributed by atoms with Crippen molar-refractivity contribution >= 4 is 49.2 Å². The summed E-state index contributed by atoms with van der Waals surface area (Å²) in [5.41, 5.74) is 6.84. The Morgan fingerprint density at radius 1 is 0.500 bits per heavy atom. The second kappa shape index (κ2) is 12.8. The standard InChI is InChI=1S/C45H27F2N7/c46-37-16-14-29(33-20-31-12-10-26-8-4-18-48-39(26)41(31)50-24-33)22-35(37)44-52-43(28-6-2-1-3-7-28)53-45(54-44)36-23-30(15-17-38(36)47)34-21-32-13-11-27-9-5-19-49-40(27)42(32)51-25-34/h1-22,24-25,30H,23H2. The number of benzene rings is 4. The molecule has 54 heavy (non-hydrogen) atoms. The molecule has 0 bridgehead atoms. The molecule has 5 aromatic heterocycles. The van der Waals surface area contributed by atoms with Crippen molar-refractivity contribution in [2.45, 2.75) is 12.3 Å². The molecule has 9 aromatic rings. The zero-order valence-electron chi connectivity index (χ0n) is 28.5. The summed E-state index contributed by atoms with van der Waals surface area (Å²) in [4.78, 5) is 32.9. The molecule has 1 aliphatic carbocycles. The fourth-order valence-electron chi connectivity index (χ4n) is 7.19. The van der Waals surface area contributed by atoms with Gasteiger partial charge in [0.25, 0.3) is 0 Å². The van der Waals surface area contributed by atoms with Crippen LogP contribution in [0.1, 0.15) is 23.7 Å².